The molecule has 0 heterocycles. The van der Waals surface area contributed by atoms with Gasteiger partial charge in [-0.25, -0.2) is 21.7 Å². The number of non-ortho nitro benzene ring substituents is 1. The van der Waals surface area contributed by atoms with Gasteiger partial charge in [0.2, 0.25) is 0 Å². The third-order valence-corrected chi connectivity index (χ3v) is 9.23. The number of halogens is 1. The summed E-state index contributed by atoms with van der Waals surface area (Å²) in [5.74, 6) is -1.70. The number of rotatable bonds is 10. The summed E-state index contributed by atoms with van der Waals surface area (Å²) >= 11 is 0. The number of nitro benzene ring substituents is 1. The van der Waals surface area contributed by atoms with Crippen molar-refractivity contribution in [2.24, 2.45) is 0 Å². The van der Waals surface area contributed by atoms with Gasteiger partial charge in [-0.3, -0.25) is 10.1 Å². The van der Waals surface area contributed by atoms with Crippen LogP contribution in [0.2, 0.25) is 0 Å². The first-order valence-corrected chi connectivity index (χ1v) is 12.2. The highest BCUT2D eigenvalue weighted by atomic mass is 32.2. The minimum absolute atomic E-state index is 0.0365. The molecule has 0 bridgehead atoms. The lowest BCUT2D eigenvalue weighted by Gasteiger charge is -2.35. The van der Waals surface area contributed by atoms with Gasteiger partial charge in [0, 0.05) is 17.7 Å². The van der Waals surface area contributed by atoms with E-state index in [2.05, 4.69) is 11.3 Å². The van der Waals surface area contributed by atoms with Gasteiger partial charge in [-0.2, -0.15) is 5.26 Å². The van der Waals surface area contributed by atoms with E-state index in [-0.39, 0.29) is 18.4 Å². The topological polar surface area (TPSA) is 130 Å². The van der Waals surface area contributed by atoms with Crippen LogP contribution in [-0.2, 0) is 26.4 Å². The van der Waals surface area contributed by atoms with Crippen LogP contribution in [0.15, 0.2) is 30.9 Å². The largest absolute Gasteiger partial charge is 0.269 e. The fraction of sp³-hybridized carbons (Fsp3) is 0.550. The van der Waals surface area contributed by atoms with Crippen molar-refractivity contribution in [3.63, 3.8) is 0 Å². The maximum absolute atomic E-state index is 14.8. The molecule has 0 aliphatic heterocycles. The maximum Gasteiger partial charge on any atom is 0.269 e. The second-order valence-corrected chi connectivity index (χ2v) is 13.1. The third kappa shape index (κ3) is 6.18. The monoisotopic (exact) mass is 473 g/mol. The van der Waals surface area contributed by atoms with Gasteiger partial charge in [0.1, 0.15) is 5.82 Å². The van der Waals surface area contributed by atoms with Crippen LogP contribution in [0.3, 0.4) is 0 Å². The highest BCUT2D eigenvalue weighted by Gasteiger charge is 2.46. The molecule has 1 N–H and O–H groups in total. The molecule has 0 fully saturated rings. The van der Waals surface area contributed by atoms with Crippen LogP contribution in [0.4, 0.5) is 10.1 Å². The number of nitrogens with zero attached hydrogens (tertiary/aromatic N) is 2. The standard InChI is InChI=1S/C20H28FN3O5S2/c1-7-8-11-19(5,13-22)31(28,29)14-20(6,23-30(27)18(2,3)4)16-12-15(24(25)26)9-10-17(16)21/h7,9-10,12,23H,1,8,11,14H2,2-6H3/t19?,20-,30?/m0/s1. The zero-order valence-electron chi connectivity index (χ0n) is 18.3. The second-order valence-electron chi connectivity index (χ2n) is 8.67. The van der Waals surface area contributed by atoms with E-state index in [1.807, 2.05) is 6.07 Å². The van der Waals surface area contributed by atoms with Crippen molar-refractivity contribution in [2.45, 2.75) is 62.5 Å². The van der Waals surface area contributed by atoms with Crippen molar-refractivity contribution >= 4 is 26.5 Å². The fourth-order valence-electron chi connectivity index (χ4n) is 2.77. The molecule has 1 aromatic rings. The van der Waals surface area contributed by atoms with Gasteiger partial charge in [-0.05, 0) is 53.5 Å². The summed E-state index contributed by atoms with van der Waals surface area (Å²) in [5.41, 5.74) is -2.59. The normalized spacial score (nSPS) is 17.1. The summed E-state index contributed by atoms with van der Waals surface area (Å²) in [6.45, 7) is 11.0. The first kappa shape index (κ1) is 26.9. The number of nitrogens with one attached hydrogen (secondary N) is 1. The van der Waals surface area contributed by atoms with Crippen molar-refractivity contribution in [1.82, 2.24) is 4.72 Å². The molecule has 0 aliphatic rings. The molecular formula is C20H28FN3O5S2. The van der Waals surface area contributed by atoms with E-state index in [0.717, 1.165) is 18.2 Å². The molecule has 11 heteroatoms. The van der Waals surface area contributed by atoms with Gasteiger partial charge in [0.15, 0.2) is 14.6 Å². The molecule has 0 amide bonds. The zero-order chi connectivity index (χ0) is 24.3. The van der Waals surface area contributed by atoms with E-state index in [9.17, 15) is 32.4 Å². The molecule has 1 aromatic carbocycles. The minimum Gasteiger partial charge on any atom is -0.258 e. The molecule has 0 aromatic heterocycles. The average molecular weight is 474 g/mol. The van der Waals surface area contributed by atoms with E-state index in [1.54, 1.807) is 20.8 Å². The van der Waals surface area contributed by atoms with Crippen molar-refractivity contribution in [3.05, 3.63) is 52.3 Å². The number of hydrogen-bond donors (Lipinski definition) is 1. The molecule has 0 spiro atoms. The third-order valence-electron chi connectivity index (χ3n) is 4.86. The molecule has 8 nitrogen and oxygen atoms in total. The van der Waals surface area contributed by atoms with Gasteiger partial charge < -0.3 is 0 Å². The molecule has 1 rings (SSSR count). The summed E-state index contributed by atoms with van der Waals surface area (Å²) in [6.07, 6.45) is 1.70. The number of nitro groups is 1. The molecular weight excluding hydrogens is 445 g/mol. The first-order chi connectivity index (χ1) is 14.0. The zero-order valence-corrected chi connectivity index (χ0v) is 19.9. The van der Waals surface area contributed by atoms with Crippen LogP contribution >= 0.6 is 0 Å². The van der Waals surface area contributed by atoms with Gasteiger partial charge >= 0.3 is 0 Å². The van der Waals surface area contributed by atoms with Crippen molar-refractivity contribution in [1.29, 1.82) is 5.26 Å². The Balaban J connectivity index is 3.68. The number of allylic oxidation sites excluding steroid dienone is 1. The van der Waals surface area contributed by atoms with Crippen LogP contribution in [0.5, 0.6) is 0 Å². The van der Waals surface area contributed by atoms with E-state index < -0.39 is 58.0 Å². The predicted molar refractivity (Wildman–Crippen MR) is 119 cm³/mol. The molecule has 0 aliphatic carbocycles. The smallest absolute Gasteiger partial charge is 0.258 e. The Morgan fingerprint density at radius 2 is 1.90 bits per heavy atom. The number of hydrogen-bond acceptors (Lipinski definition) is 6. The average Bonchev–Trinajstić information content (AvgIpc) is 2.64. The van der Waals surface area contributed by atoms with Crippen LogP contribution in [-0.4, -0.2) is 32.8 Å². The van der Waals surface area contributed by atoms with Crippen LogP contribution in [0.1, 0.15) is 53.0 Å². The number of benzene rings is 1. The summed E-state index contributed by atoms with van der Waals surface area (Å²) in [7, 11) is -6.09. The molecule has 3 atom stereocenters. The van der Waals surface area contributed by atoms with Gasteiger partial charge in [0.05, 0.1) is 38.0 Å². The molecule has 0 saturated heterocycles. The Morgan fingerprint density at radius 1 is 1.32 bits per heavy atom. The summed E-state index contributed by atoms with van der Waals surface area (Å²) in [6, 6.07) is 4.55. The van der Waals surface area contributed by atoms with Gasteiger partial charge in [-0.1, -0.05) is 6.08 Å². The Morgan fingerprint density at radius 3 is 2.35 bits per heavy atom. The lowest BCUT2D eigenvalue weighted by Crippen LogP contribution is -2.53. The molecule has 0 radical (unpaired) electrons. The van der Waals surface area contributed by atoms with E-state index in [0.29, 0.717) is 0 Å². The lowest BCUT2D eigenvalue weighted by molar-refractivity contribution is -0.385. The predicted octanol–water partition coefficient (Wildman–Crippen LogP) is 3.66. The minimum atomic E-state index is -4.23. The maximum atomic E-state index is 14.8. The summed E-state index contributed by atoms with van der Waals surface area (Å²) < 4.78 is 54.2. The first-order valence-electron chi connectivity index (χ1n) is 9.41. The number of nitriles is 1. The fourth-order valence-corrected chi connectivity index (χ4v) is 5.63. The van der Waals surface area contributed by atoms with Gasteiger partial charge in [0.25, 0.3) is 5.69 Å². The number of sulfone groups is 1. The van der Waals surface area contributed by atoms with Crippen LogP contribution in [0.25, 0.3) is 0 Å². The summed E-state index contributed by atoms with van der Waals surface area (Å²) in [5, 5.41) is 20.8. The Bertz CT molecular complexity index is 1030. The molecule has 0 saturated carbocycles. The van der Waals surface area contributed by atoms with E-state index in [4.69, 9.17) is 0 Å². The molecule has 31 heavy (non-hydrogen) atoms. The van der Waals surface area contributed by atoms with Crippen molar-refractivity contribution < 1.29 is 21.9 Å². The Hall–Kier alpha value is -2.16. The van der Waals surface area contributed by atoms with E-state index >= 15 is 0 Å². The van der Waals surface area contributed by atoms with Crippen LogP contribution < -0.4 is 4.72 Å². The quantitative estimate of drug-likeness (QED) is 0.313. The Kier molecular flexibility index (Phi) is 8.27. The summed E-state index contributed by atoms with van der Waals surface area (Å²) in [4.78, 5) is 10.5. The molecule has 172 valence electrons. The highest BCUT2D eigenvalue weighted by molar-refractivity contribution is 7.93. The van der Waals surface area contributed by atoms with Crippen molar-refractivity contribution in [2.75, 3.05) is 5.75 Å². The van der Waals surface area contributed by atoms with Crippen LogP contribution in [0, 0.1) is 27.3 Å². The van der Waals surface area contributed by atoms with E-state index in [1.165, 1.54) is 19.9 Å². The Labute approximate surface area is 185 Å². The lowest BCUT2D eigenvalue weighted by atomic mass is 9.94. The second kappa shape index (κ2) is 9.54. The van der Waals surface area contributed by atoms with Crippen molar-refractivity contribution in [3.8, 4) is 6.07 Å². The SMILES string of the molecule is C=CCCC(C)(C#N)S(=O)(=O)C[C@](C)(NS(=O)C(C)(C)C)c1cc([N+](=O)[O-])ccc1F. The molecule has 2 unspecified atom stereocenters. The van der Waals surface area contributed by atoms with Gasteiger partial charge in [-0.15, -0.1) is 6.58 Å². The highest BCUT2D eigenvalue weighted by Crippen LogP contribution is 2.34.